The van der Waals surface area contributed by atoms with Gasteiger partial charge in [-0.15, -0.1) is 0 Å². The van der Waals surface area contributed by atoms with E-state index in [1.165, 1.54) is 6.21 Å². The van der Waals surface area contributed by atoms with E-state index >= 15 is 0 Å². The lowest BCUT2D eigenvalue weighted by molar-refractivity contribution is -0.160. The second kappa shape index (κ2) is 12.1. The number of anilines is 1. The largest absolute Gasteiger partial charge is 0.364 e. The molecule has 34 heavy (non-hydrogen) atoms. The molecule has 1 fully saturated rings. The minimum Gasteiger partial charge on any atom is -0.364 e. The van der Waals surface area contributed by atoms with Gasteiger partial charge in [0, 0.05) is 37.2 Å². The summed E-state index contributed by atoms with van der Waals surface area (Å²) in [4.78, 5) is 13.4. The Labute approximate surface area is 198 Å². The van der Waals surface area contributed by atoms with Gasteiger partial charge in [0.2, 0.25) is 0 Å². The normalized spacial score (nSPS) is 17.0. The van der Waals surface area contributed by atoms with Crippen molar-refractivity contribution < 1.29 is 9.47 Å². The zero-order valence-electron chi connectivity index (χ0n) is 19.0. The summed E-state index contributed by atoms with van der Waals surface area (Å²) in [6, 6.07) is 13.5. The van der Waals surface area contributed by atoms with Gasteiger partial charge in [0.05, 0.1) is 30.3 Å². The maximum Gasteiger partial charge on any atom is 0.157 e. The fourth-order valence-electron chi connectivity index (χ4n) is 3.77. The second-order valence-corrected chi connectivity index (χ2v) is 8.01. The van der Waals surface area contributed by atoms with Gasteiger partial charge in [-0.2, -0.15) is 5.11 Å². The molecule has 1 saturated heterocycles. The molecule has 1 aromatic carbocycles. The van der Waals surface area contributed by atoms with Crippen LogP contribution in [0.15, 0.2) is 58.8 Å². The van der Waals surface area contributed by atoms with Gasteiger partial charge < -0.3 is 20.2 Å². The highest BCUT2D eigenvalue weighted by Gasteiger charge is 2.14. The van der Waals surface area contributed by atoms with E-state index in [1.54, 1.807) is 24.5 Å². The summed E-state index contributed by atoms with van der Waals surface area (Å²) in [5.41, 5.74) is 10.6. The lowest BCUT2D eigenvalue weighted by atomic mass is 10.1. The molecule has 0 radical (unpaired) electrons. The zero-order valence-corrected chi connectivity index (χ0v) is 19.0. The minimum absolute atomic E-state index is 0.127. The lowest BCUT2D eigenvalue weighted by Crippen LogP contribution is -2.23. The van der Waals surface area contributed by atoms with Crippen LogP contribution in [0.4, 0.5) is 11.5 Å². The van der Waals surface area contributed by atoms with Gasteiger partial charge in [0.25, 0.3) is 0 Å². The van der Waals surface area contributed by atoms with E-state index in [2.05, 4.69) is 31.5 Å². The van der Waals surface area contributed by atoms with Gasteiger partial charge in [0.15, 0.2) is 12.1 Å². The highest BCUT2D eigenvalue weighted by atomic mass is 16.7. The molecular weight excluding hydrogens is 430 g/mol. The maximum absolute atomic E-state index is 7.83. The Morgan fingerprint density at radius 1 is 1.24 bits per heavy atom. The Morgan fingerprint density at radius 3 is 3.00 bits per heavy atom. The minimum atomic E-state index is -0.377. The van der Waals surface area contributed by atoms with Crippen LogP contribution >= 0.6 is 0 Å². The number of aliphatic imine (C=N–C) groups is 1. The van der Waals surface area contributed by atoms with Gasteiger partial charge in [-0.1, -0.05) is 12.1 Å². The Kier molecular flexibility index (Phi) is 8.37. The fourth-order valence-corrected chi connectivity index (χ4v) is 3.77. The fraction of sp³-hybridized carbons (Fsp3) is 0.360. The SMILES string of the molecule is N=CC(C=NCCOC1CCCCO1)c1ccc(N=N)c(NCc2ccc3ncccc3c2)n1. The number of rotatable bonds is 11. The zero-order chi connectivity index (χ0) is 23.6. The van der Waals surface area contributed by atoms with Crippen LogP contribution in [0.2, 0.25) is 0 Å². The van der Waals surface area contributed by atoms with Crippen molar-refractivity contribution in [1.82, 2.24) is 9.97 Å². The Balaban J connectivity index is 1.38. The number of nitrogens with zero attached hydrogens (tertiary/aromatic N) is 4. The van der Waals surface area contributed by atoms with E-state index in [0.717, 1.165) is 42.3 Å². The van der Waals surface area contributed by atoms with Crippen molar-refractivity contribution in [1.29, 1.82) is 10.9 Å². The van der Waals surface area contributed by atoms with Crippen LogP contribution in [0.25, 0.3) is 10.9 Å². The van der Waals surface area contributed by atoms with Crippen molar-refractivity contribution in [3.8, 4) is 0 Å². The third-order valence-electron chi connectivity index (χ3n) is 5.59. The van der Waals surface area contributed by atoms with E-state index in [1.807, 2.05) is 24.3 Å². The number of fused-ring (bicyclic) bond motifs is 1. The molecule has 3 heterocycles. The van der Waals surface area contributed by atoms with Crippen molar-refractivity contribution in [3.05, 3.63) is 59.9 Å². The Hall–Kier alpha value is -3.56. The molecule has 3 N–H and O–H groups in total. The quantitative estimate of drug-likeness (QED) is 0.205. The summed E-state index contributed by atoms with van der Waals surface area (Å²) < 4.78 is 11.3. The standard InChI is InChI=1S/C25H29N7O2/c26-15-20(17-28-11-13-34-24-5-1-2-12-33-24)22-8-9-23(32-27)25(31-22)30-16-18-6-7-21-19(14-18)4-3-10-29-21/h3-4,6-10,14-15,17,20,24,26-27H,1-2,5,11-13,16H2,(H,30,31). The molecule has 3 aromatic rings. The van der Waals surface area contributed by atoms with Crippen molar-refractivity contribution in [2.24, 2.45) is 10.1 Å². The first-order chi connectivity index (χ1) is 16.8. The first-order valence-electron chi connectivity index (χ1n) is 11.5. The maximum atomic E-state index is 7.83. The number of aromatic nitrogens is 2. The van der Waals surface area contributed by atoms with Crippen LogP contribution in [0.5, 0.6) is 0 Å². The average Bonchev–Trinajstić information content (AvgIpc) is 2.90. The summed E-state index contributed by atoms with van der Waals surface area (Å²) in [5.74, 6) is 0.120. The molecule has 0 spiro atoms. The first kappa shape index (κ1) is 23.6. The summed E-state index contributed by atoms with van der Waals surface area (Å²) in [7, 11) is 0. The van der Waals surface area contributed by atoms with E-state index in [-0.39, 0.29) is 12.2 Å². The highest BCUT2D eigenvalue weighted by Crippen LogP contribution is 2.26. The molecule has 2 unspecified atom stereocenters. The number of nitrogens with one attached hydrogen (secondary N) is 3. The molecule has 0 saturated carbocycles. The summed E-state index contributed by atoms with van der Waals surface area (Å²) >= 11 is 0. The molecule has 9 heteroatoms. The van der Waals surface area contributed by atoms with Crippen LogP contribution in [-0.4, -0.2) is 48.4 Å². The third kappa shape index (κ3) is 6.27. The summed E-state index contributed by atoms with van der Waals surface area (Å²) in [5, 5.41) is 15.8. The summed E-state index contributed by atoms with van der Waals surface area (Å²) in [6.07, 6.45) is 7.80. The highest BCUT2D eigenvalue weighted by molar-refractivity contribution is 5.88. The first-order valence-corrected chi connectivity index (χ1v) is 11.5. The van der Waals surface area contributed by atoms with Gasteiger partial charge in [-0.3, -0.25) is 9.98 Å². The van der Waals surface area contributed by atoms with Crippen molar-refractivity contribution in [3.63, 3.8) is 0 Å². The van der Waals surface area contributed by atoms with Crippen LogP contribution in [0.1, 0.15) is 36.4 Å². The van der Waals surface area contributed by atoms with E-state index in [4.69, 9.17) is 20.4 Å². The molecule has 2 aromatic heterocycles. The van der Waals surface area contributed by atoms with Crippen LogP contribution in [-0.2, 0) is 16.0 Å². The lowest BCUT2D eigenvalue weighted by Gasteiger charge is -2.22. The molecular formula is C25H29N7O2. The second-order valence-electron chi connectivity index (χ2n) is 8.01. The molecule has 1 aliphatic rings. The predicted molar refractivity (Wildman–Crippen MR) is 133 cm³/mol. The Morgan fingerprint density at radius 2 is 2.18 bits per heavy atom. The molecule has 1 aliphatic heterocycles. The van der Waals surface area contributed by atoms with Crippen molar-refractivity contribution in [2.75, 3.05) is 25.1 Å². The van der Waals surface area contributed by atoms with E-state index in [9.17, 15) is 0 Å². The van der Waals surface area contributed by atoms with Crippen molar-refractivity contribution >= 4 is 34.8 Å². The Bertz CT molecular complexity index is 1150. The van der Waals surface area contributed by atoms with Crippen LogP contribution < -0.4 is 5.32 Å². The van der Waals surface area contributed by atoms with E-state index in [0.29, 0.717) is 36.9 Å². The average molecular weight is 460 g/mol. The number of hydrogen-bond acceptors (Lipinski definition) is 9. The monoisotopic (exact) mass is 459 g/mol. The smallest absolute Gasteiger partial charge is 0.157 e. The van der Waals surface area contributed by atoms with Crippen LogP contribution in [0.3, 0.4) is 0 Å². The molecule has 4 rings (SSSR count). The number of hydrogen-bond donors (Lipinski definition) is 3. The van der Waals surface area contributed by atoms with Gasteiger partial charge in [0.1, 0.15) is 5.69 Å². The molecule has 9 nitrogen and oxygen atoms in total. The predicted octanol–water partition coefficient (Wildman–Crippen LogP) is 5.25. The number of ether oxygens (including phenoxy) is 2. The molecule has 0 bridgehead atoms. The van der Waals surface area contributed by atoms with Gasteiger partial charge in [-0.25, -0.2) is 10.5 Å². The topological polar surface area (TPSA) is 129 Å². The third-order valence-corrected chi connectivity index (χ3v) is 5.59. The van der Waals surface area contributed by atoms with Gasteiger partial charge >= 0.3 is 0 Å². The molecule has 0 amide bonds. The van der Waals surface area contributed by atoms with Crippen LogP contribution in [0, 0.1) is 10.9 Å². The number of benzene rings is 1. The molecule has 0 aliphatic carbocycles. The summed E-state index contributed by atoms with van der Waals surface area (Å²) in [6.45, 7) is 2.24. The van der Waals surface area contributed by atoms with E-state index < -0.39 is 0 Å². The van der Waals surface area contributed by atoms with Crippen molar-refractivity contribution in [2.45, 2.75) is 38.0 Å². The molecule has 176 valence electrons. The van der Waals surface area contributed by atoms with Gasteiger partial charge in [-0.05, 0) is 55.2 Å². The number of pyridine rings is 2. The molecule has 2 atom stereocenters.